The number of anilines is 1. The van der Waals surface area contributed by atoms with E-state index in [1.807, 2.05) is 0 Å². The van der Waals surface area contributed by atoms with Crippen LogP contribution < -0.4 is 10.2 Å². The maximum absolute atomic E-state index is 13.1. The van der Waals surface area contributed by atoms with Crippen LogP contribution in [-0.2, 0) is 6.18 Å². The quantitative estimate of drug-likeness (QED) is 0.819. The molecule has 0 radical (unpaired) electrons. The highest BCUT2D eigenvalue weighted by Crippen LogP contribution is 2.42. The van der Waals surface area contributed by atoms with Gasteiger partial charge in [0.05, 0.1) is 16.3 Å². The fraction of sp³-hybridized carbons (Fsp3) is 0.600. The van der Waals surface area contributed by atoms with E-state index in [0.29, 0.717) is 19.0 Å². The third-order valence-electron chi connectivity index (χ3n) is 3.75. The Morgan fingerprint density at radius 1 is 1.38 bits per heavy atom. The molecular formula is C15H20ClF3N2. The minimum absolute atomic E-state index is 0.129. The van der Waals surface area contributed by atoms with E-state index in [2.05, 4.69) is 12.2 Å². The van der Waals surface area contributed by atoms with E-state index in [1.165, 1.54) is 12.1 Å². The van der Waals surface area contributed by atoms with E-state index in [9.17, 15) is 13.2 Å². The molecule has 1 aromatic rings. The molecule has 1 aliphatic rings. The average Bonchev–Trinajstić information content (AvgIpc) is 2.86. The first-order chi connectivity index (χ1) is 9.93. The summed E-state index contributed by atoms with van der Waals surface area (Å²) >= 11 is 6.03. The van der Waals surface area contributed by atoms with Gasteiger partial charge in [-0.05, 0) is 44.0 Å². The molecule has 0 amide bonds. The van der Waals surface area contributed by atoms with Crippen molar-refractivity contribution in [1.82, 2.24) is 5.32 Å². The van der Waals surface area contributed by atoms with Crippen LogP contribution in [0.2, 0.25) is 5.02 Å². The molecule has 118 valence electrons. The van der Waals surface area contributed by atoms with Gasteiger partial charge >= 0.3 is 6.18 Å². The number of rotatable bonds is 5. The van der Waals surface area contributed by atoms with Gasteiger partial charge in [0, 0.05) is 13.1 Å². The molecule has 1 fully saturated rings. The number of nitrogens with zero attached hydrogens (tertiary/aromatic N) is 1. The van der Waals surface area contributed by atoms with Crippen molar-refractivity contribution in [3.05, 3.63) is 28.8 Å². The van der Waals surface area contributed by atoms with Gasteiger partial charge in [-0.3, -0.25) is 0 Å². The van der Waals surface area contributed by atoms with E-state index in [0.717, 1.165) is 32.0 Å². The molecule has 1 unspecified atom stereocenters. The van der Waals surface area contributed by atoms with Crippen LogP contribution in [0.5, 0.6) is 0 Å². The van der Waals surface area contributed by atoms with Gasteiger partial charge in [-0.15, -0.1) is 0 Å². The van der Waals surface area contributed by atoms with Crippen molar-refractivity contribution in [3.8, 4) is 0 Å². The van der Waals surface area contributed by atoms with Crippen molar-refractivity contribution in [2.45, 2.75) is 25.9 Å². The Labute approximate surface area is 128 Å². The molecule has 0 saturated carbocycles. The standard InChI is InChI=1S/C15H20ClF3N2/c1-2-7-20-9-11-6-8-21(10-11)14-12(15(17,18)19)4-3-5-13(14)16/h3-5,11,20H,2,6-10H2,1H3. The first-order valence-electron chi connectivity index (χ1n) is 7.24. The van der Waals surface area contributed by atoms with Crippen LogP contribution in [0.4, 0.5) is 18.9 Å². The molecule has 0 aliphatic carbocycles. The van der Waals surface area contributed by atoms with Gasteiger partial charge in [-0.2, -0.15) is 13.2 Å². The summed E-state index contributed by atoms with van der Waals surface area (Å²) in [6.45, 7) is 5.11. The van der Waals surface area contributed by atoms with Gasteiger partial charge in [-0.25, -0.2) is 0 Å². The molecule has 0 spiro atoms. The highest BCUT2D eigenvalue weighted by molar-refractivity contribution is 6.33. The molecule has 1 N–H and O–H groups in total. The highest BCUT2D eigenvalue weighted by atomic mass is 35.5. The van der Waals surface area contributed by atoms with Crippen molar-refractivity contribution in [2.24, 2.45) is 5.92 Å². The number of hydrogen-bond acceptors (Lipinski definition) is 2. The predicted molar refractivity (Wildman–Crippen MR) is 79.9 cm³/mol. The van der Waals surface area contributed by atoms with Crippen LogP contribution >= 0.6 is 11.6 Å². The van der Waals surface area contributed by atoms with Gasteiger partial charge in [0.25, 0.3) is 0 Å². The smallest absolute Gasteiger partial charge is 0.369 e. The third kappa shape index (κ3) is 4.04. The summed E-state index contributed by atoms with van der Waals surface area (Å²) in [5.74, 6) is 0.369. The summed E-state index contributed by atoms with van der Waals surface area (Å²) in [6.07, 6.45) is -2.43. The fourth-order valence-electron chi connectivity index (χ4n) is 2.75. The number of alkyl halides is 3. The molecular weight excluding hydrogens is 301 g/mol. The van der Waals surface area contributed by atoms with Gasteiger partial charge in [-0.1, -0.05) is 24.6 Å². The summed E-state index contributed by atoms with van der Waals surface area (Å²) in [5.41, 5.74) is -0.512. The molecule has 0 aromatic heterocycles. The van der Waals surface area contributed by atoms with Gasteiger partial charge < -0.3 is 10.2 Å². The molecule has 1 atom stereocenters. The Morgan fingerprint density at radius 3 is 2.81 bits per heavy atom. The second kappa shape index (κ2) is 6.88. The Kier molecular flexibility index (Phi) is 5.38. The second-order valence-electron chi connectivity index (χ2n) is 5.44. The van der Waals surface area contributed by atoms with E-state index in [-0.39, 0.29) is 10.7 Å². The molecule has 1 saturated heterocycles. The zero-order valence-corrected chi connectivity index (χ0v) is 12.8. The number of para-hydroxylation sites is 1. The van der Waals surface area contributed by atoms with Gasteiger partial charge in [0.2, 0.25) is 0 Å². The van der Waals surface area contributed by atoms with Gasteiger partial charge in [0.1, 0.15) is 0 Å². The SMILES string of the molecule is CCCNCC1CCN(c2c(Cl)cccc2C(F)(F)F)C1. The van der Waals surface area contributed by atoms with Crippen LogP contribution in [-0.4, -0.2) is 26.2 Å². The summed E-state index contributed by atoms with van der Waals surface area (Å²) in [7, 11) is 0. The normalized spacial score (nSPS) is 19.3. The van der Waals surface area contributed by atoms with Crippen molar-refractivity contribution in [1.29, 1.82) is 0 Å². The largest absolute Gasteiger partial charge is 0.418 e. The van der Waals surface area contributed by atoms with Crippen LogP contribution in [0, 0.1) is 5.92 Å². The third-order valence-corrected chi connectivity index (χ3v) is 4.06. The number of benzene rings is 1. The van der Waals surface area contributed by atoms with Gasteiger partial charge in [0.15, 0.2) is 0 Å². The van der Waals surface area contributed by atoms with Crippen LogP contribution in [0.1, 0.15) is 25.3 Å². The summed E-state index contributed by atoms with van der Waals surface area (Å²) in [5, 5.41) is 3.50. The van der Waals surface area contributed by atoms with E-state index in [4.69, 9.17) is 11.6 Å². The van der Waals surface area contributed by atoms with Crippen LogP contribution in [0.3, 0.4) is 0 Å². The van der Waals surface area contributed by atoms with Crippen LogP contribution in [0.25, 0.3) is 0 Å². The van der Waals surface area contributed by atoms with Crippen molar-refractivity contribution in [2.75, 3.05) is 31.1 Å². The minimum Gasteiger partial charge on any atom is -0.369 e. The molecule has 0 bridgehead atoms. The minimum atomic E-state index is -4.38. The molecule has 21 heavy (non-hydrogen) atoms. The predicted octanol–water partition coefficient (Wildman–Crippen LogP) is 4.18. The second-order valence-corrected chi connectivity index (χ2v) is 5.85. The summed E-state index contributed by atoms with van der Waals surface area (Å²) in [4.78, 5) is 1.77. The first kappa shape index (κ1) is 16.4. The maximum atomic E-state index is 13.1. The molecule has 1 aliphatic heterocycles. The van der Waals surface area contributed by atoms with E-state index in [1.54, 1.807) is 4.90 Å². The molecule has 6 heteroatoms. The highest BCUT2D eigenvalue weighted by Gasteiger charge is 2.37. The Bertz CT molecular complexity index is 476. The first-order valence-corrected chi connectivity index (χ1v) is 7.62. The summed E-state index contributed by atoms with van der Waals surface area (Å²) in [6, 6.07) is 3.98. The lowest BCUT2D eigenvalue weighted by molar-refractivity contribution is -0.137. The topological polar surface area (TPSA) is 15.3 Å². The number of nitrogens with one attached hydrogen (secondary N) is 1. The fourth-order valence-corrected chi connectivity index (χ4v) is 3.04. The lowest BCUT2D eigenvalue weighted by atomic mass is 10.1. The lowest BCUT2D eigenvalue weighted by Crippen LogP contribution is -2.28. The molecule has 1 heterocycles. The van der Waals surface area contributed by atoms with Crippen LogP contribution in [0.15, 0.2) is 18.2 Å². The van der Waals surface area contributed by atoms with E-state index < -0.39 is 11.7 Å². The average molecular weight is 321 g/mol. The van der Waals surface area contributed by atoms with Crippen molar-refractivity contribution >= 4 is 17.3 Å². The Morgan fingerprint density at radius 2 is 2.14 bits per heavy atom. The molecule has 1 aromatic carbocycles. The Balaban J connectivity index is 2.13. The van der Waals surface area contributed by atoms with Crippen molar-refractivity contribution in [3.63, 3.8) is 0 Å². The Hall–Kier alpha value is -0.940. The summed E-state index contributed by atoms with van der Waals surface area (Å²) < 4.78 is 39.4. The lowest BCUT2D eigenvalue weighted by Gasteiger charge is -2.24. The monoisotopic (exact) mass is 320 g/mol. The number of hydrogen-bond donors (Lipinski definition) is 1. The zero-order chi connectivity index (χ0) is 15.5. The number of halogens is 4. The molecule has 2 rings (SSSR count). The van der Waals surface area contributed by atoms with E-state index >= 15 is 0 Å². The zero-order valence-electron chi connectivity index (χ0n) is 12.0. The van der Waals surface area contributed by atoms with Crippen molar-refractivity contribution < 1.29 is 13.2 Å². The maximum Gasteiger partial charge on any atom is 0.418 e. The molecule has 2 nitrogen and oxygen atoms in total.